The number of ether oxygens (including phenoxy) is 3. The molecule has 3 amide bonds. The first-order valence-corrected chi connectivity index (χ1v) is 33.2. The van der Waals surface area contributed by atoms with Gasteiger partial charge in [-0.1, -0.05) is 20.8 Å². The van der Waals surface area contributed by atoms with Gasteiger partial charge in [-0.25, -0.2) is 37.9 Å². The zero-order valence-electron chi connectivity index (χ0n) is 56.0. The maximum absolute atomic E-state index is 14.6. The molecule has 5 aromatic rings. The van der Waals surface area contributed by atoms with Gasteiger partial charge < -0.3 is 39.1 Å². The fourth-order valence-electron chi connectivity index (χ4n) is 12.1. The van der Waals surface area contributed by atoms with Gasteiger partial charge in [0.2, 0.25) is 11.9 Å². The zero-order chi connectivity index (χ0) is 66.3. The van der Waals surface area contributed by atoms with Gasteiger partial charge in [0.05, 0.1) is 46.1 Å². The maximum Gasteiger partial charge on any atom is 0.437 e. The SMILES string of the molecule is CCCC(=O)c1cnc2c(c1)N(C(=O)CN1C[C@@H](C)N(C(=O)OC(C)(C)C)C[C@@H]1CN1CCN(c3ncc(C(=O)N4CCN(CCCOc5cc6ncnc(Nc7c(C)c(C)nn7C(=O)OC(C)(C)C)c6cc5S(=O)(=O)C(C)(C)C)CC4)cn3)CC1C)CC2(C)C. The van der Waals surface area contributed by atoms with Gasteiger partial charge in [0.15, 0.2) is 15.6 Å². The highest BCUT2D eigenvalue weighted by Gasteiger charge is 2.44. The van der Waals surface area contributed by atoms with Crippen molar-refractivity contribution >= 4 is 73.8 Å². The molecule has 0 radical (unpaired) electrons. The fourth-order valence-corrected chi connectivity index (χ4v) is 13.4. The first-order valence-electron chi connectivity index (χ1n) is 31.8. The summed E-state index contributed by atoms with van der Waals surface area (Å²) < 4.78 is 46.2. The Morgan fingerprint density at radius 2 is 1.43 bits per heavy atom. The number of anilines is 4. The van der Waals surface area contributed by atoms with Gasteiger partial charge in [-0.3, -0.25) is 34.1 Å². The first-order chi connectivity index (χ1) is 42.6. The number of aromatic nitrogens is 7. The number of nitrogens with one attached hydrogen (secondary N) is 1. The molecule has 3 atom stereocenters. The lowest BCUT2D eigenvalue weighted by Crippen LogP contribution is -2.65. The van der Waals surface area contributed by atoms with Crippen LogP contribution in [-0.2, 0) is 29.5 Å². The largest absolute Gasteiger partial charge is 0.492 e. The first kappa shape index (κ1) is 68.0. The number of carbonyl (C=O) groups is 5. The van der Waals surface area contributed by atoms with Crippen molar-refractivity contribution in [3.63, 3.8) is 0 Å². The Morgan fingerprint density at radius 3 is 2.08 bits per heavy atom. The van der Waals surface area contributed by atoms with Gasteiger partial charge in [0.1, 0.15) is 39.8 Å². The van der Waals surface area contributed by atoms with Crippen molar-refractivity contribution in [2.45, 2.75) is 174 Å². The van der Waals surface area contributed by atoms with Crippen LogP contribution in [-0.4, -0.2) is 223 Å². The zero-order valence-corrected chi connectivity index (χ0v) is 56.9. The number of hydrogen-bond acceptors (Lipinski definition) is 21. The number of carbonyl (C=O) groups excluding carboxylic acids is 5. The highest BCUT2D eigenvalue weighted by Crippen LogP contribution is 2.41. The molecule has 1 N–H and O–H groups in total. The van der Waals surface area contributed by atoms with Crippen LogP contribution in [0, 0.1) is 13.8 Å². The number of pyridine rings is 1. The number of hydrogen-bond donors (Lipinski definition) is 1. The van der Waals surface area contributed by atoms with Gasteiger partial charge >= 0.3 is 12.2 Å². The lowest BCUT2D eigenvalue weighted by Gasteiger charge is -2.48. The number of rotatable bonds is 17. The molecule has 91 heavy (non-hydrogen) atoms. The van der Waals surface area contributed by atoms with Crippen molar-refractivity contribution in [2.75, 3.05) is 107 Å². The molecule has 0 saturated carbocycles. The lowest BCUT2D eigenvalue weighted by molar-refractivity contribution is -0.121. The average molecular weight is 1280 g/mol. The lowest BCUT2D eigenvalue weighted by atomic mass is 9.91. The minimum atomic E-state index is -3.96. The Balaban J connectivity index is 0.788. The Morgan fingerprint density at radius 1 is 0.758 bits per heavy atom. The normalized spacial score (nSPS) is 19.6. The van der Waals surface area contributed by atoms with Crippen LogP contribution in [0.1, 0.15) is 154 Å². The minimum Gasteiger partial charge on any atom is -0.492 e. The number of piperazine rings is 3. The van der Waals surface area contributed by atoms with Crippen LogP contribution in [0.25, 0.3) is 10.9 Å². The molecule has 9 rings (SSSR count). The molecule has 3 fully saturated rings. The third-order valence-corrected chi connectivity index (χ3v) is 19.8. The van der Waals surface area contributed by atoms with Crippen molar-refractivity contribution < 1.29 is 46.6 Å². The van der Waals surface area contributed by atoms with E-state index in [1.807, 2.05) is 52.5 Å². The van der Waals surface area contributed by atoms with Crippen molar-refractivity contribution in [1.29, 1.82) is 0 Å². The quantitative estimate of drug-likeness (QED) is 0.0681. The highest BCUT2D eigenvalue weighted by atomic mass is 32.2. The Bertz CT molecular complexity index is 3640. The van der Waals surface area contributed by atoms with Crippen LogP contribution in [0.3, 0.4) is 0 Å². The average Bonchev–Trinajstić information content (AvgIpc) is 1.74. The van der Waals surface area contributed by atoms with E-state index in [-0.39, 0.29) is 71.4 Å². The molecule has 26 heteroatoms. The van der Waals surface area contributed by atoms with Crippen LogP contribution in [0.4, 0.5) is 32.9 Å². The molecule has 3 saturated heterocycles. The van der Waals surface area contributed by atoms with E-state index >= 15 is 0 Å². The number of benzene rings is 1. The second kappa shape index (κ2) is 26.7. The van der Waals surface area contributed by atoms with E-state index < -0.39 is 37.3 Å². The Kier molecular flexibility index (Phi) is 19.9. The molecular formula is C65H93N15O10S. The van der Waals surface area contributed by atoms with Crippen molar-refractivity contribution in [1.82, 2.24) is 59.2 Å². The van der Waals surface area contributed by atoms with E-state index in [0.29, 0.717) is 149 Å². The van der Waals surface area contributed by atoms with E-state index in [1.54, 1.807) is 82.9 Å². The third-order valence-electron chi connectivity index (χ3n) is 17.2. The molecule has 4 aliphatic rings. The van der Waals surface area contributed by atoms with Crippen molar-refractivity contribution in [2.24, 2.45) is 0 Å². The van der Waals surface area contributed by atoms with Gasteiger partial charge in [-0.05, 0) is 115 Å². The summed E-state index contributed by atoms with van der Waals surface area (Å²) in [7, 11) is -3.96. The Hall–Kier alpha value is -7.42. The Labute approximate surface area is 535 Å². The summed E-state index contributed by atoms with van der Waals surface area (Å²) in [6.07, 6.45) is 6.83. The van der Waals surface area contributed by atoms with E-state index in [1.165, 1.54) is 12.4 Å². The van der Waals surface area contributed by atoms with Crippen LogP contribution in [0.15, 0.2) is 48.0 Å². The number of sulfone groups is 1. The number of amides is 3. The second-order valence-electron chi connectivity index (χ2n) is 28.3. The summed E-state index contributed by atoms with van der Waals surface area (Å²) in [4.78, 5) is 106. The van der Waals surface area contributed by atoms with E-state index in [9.17, 15) is 32.4 Å². The van der Waals surface area contributed by atoms with Gasteiger partial charge in [0, 0.05) is 150 Å². The second-order valence-corrected chi connectivity index (χ2v) is 31.0. The molecular weight excluding hydrogens is 1180 g/mol. The number of ketones is 1. The minimum absolute atomic E-state index is 0.00504. The summed E-state index contributed by atoms with van der Waals surface area (Å²) >= 11 is 0. The molecule has 0 aliphatic carbocycles. The van der Waals surface area contributed by atoms with Gasteiger partial charge in [-0.2, -0.15) is 5.10 Å². The standard InChI is InChI=1S/C65H93N15O10S/c1-17-19-51(81)45-28-50-55(66-31-45)65(15,16)39-79(50)54(82)38-77-35-42(3)78(60(84)89-62(6,7)8)37-47(77)36-75-25-26-76(34-41(75)2)59-67-32-46(33-68-59)58(83)74-23-21-73(22-24-74)20-18-27-88-52-30-49-48(29-53(52)91(86,87)64(12,13)14)56(70-40-69-49)71-57-43(4)44(5)72-80(57)61(85)90-63(9,10)11/h28-33,40-42,47H,17-27,34-39H2,1-16H3,(H,69,70,71)/t41?,42-,47+/m1/s1. The molecule has 4 aliphatic heterocycles. The molecule has 1 aromatic carbocycles. The summed E-state index contributed by atoms with van der Waals surface area (Å²) in [5, 5.41) is 8.02. The molecule has 25 nitrogen and oxygen atoms in total. The highest BCUT2D eigenvalue weighted by molar-refractivity contribution is 7.92. The third kappa shape index (κ3) is 15.4. The molecule has 1 unspecified atom stereocenters. The number of nitrogens with zero attached hydrogens (tertiary/aromatic N) is 14. The van der Waals surface area contributed by atoms with Crippen LogP contribution in [0.5, 0.6) is 5.75 Å². The van der Waals surface area contributed by atoms with Gasteiger partial charge in [-0.15, -0.1) is 4.68 Å². The fraction of sp³-hybridized carbons (Fsp3) is 0.615. The van der Waals surface area contributed by atoms with E-state index in [0.717, 1.165) is 10.4 Å². The maximum atomic E-state index is 14.6. The number of fused-ring (bicyclic) bond motifs is 2. The molecule has 494 valence electrons. The van der Waals surface area contributed by atoms with E-state index in [2.05, 4.69) is 60.8 Å². The molecule has 0 spiro atoms. The smallest absolute Gasteiger partial charge is 0.437 e. The molecule has 0 bridgehead atoms. The predicted molar refractivity (Wildman–Crippen MR) is 347 cm³/mol. The van der Waals surface area contributed by atoms with E-state index in [4.69, 9.17) is 29.2 Å². The van der Waals surface area contributed by atoms with Crippen LogP contribution in [0.2, 0.25) is 0 Å². The predicted octanol–water partition coefficient (Wildman–Crippen LogP) is 8.08. The molecule has 8 heterocycles. The summed E-state index contributed by atoms with van der Waals surface area (Å²) in [6.45, 7) is 36.6. The summed E-state index contributed by atoms with van der Waals surface area (Å²) in [5.74, 6) is 1.06. The van der Waals surface area contributed by atoms with Crippen molar-refractivity contribution in [3.05, 3.63) is 71.2 Å². The summed E-state index contributed by atoms with van der Waals surface area (Å²) in [6, 6.07) is 4.59. The van der Waals surface area contributed by atoms with Crippen LogP contribution >= 0.6 is 0 Å². The van der Waals surface area contributed by atoms with Crippen molar-refractivity contribution in [3.8, 4) is 5.75 Å². The number of Topliss-reactive ketones (excluding diaryl/α,β-unsaturated/α-hetero) is 1. The van der Waals surface area contributed by atoms with Gasteiger partial charge in [0.25, 0.3) is 5.91 Å². The topological polar surface area (TPSA) is 264 Å². The number of aryl methyl sites for hydroxylation is 1. The summed E-state index contributed by atoms with van der Waals surface area (Å²) in [5.41, 5.74) is 2.22. The van der Waals surface area contributed by atoms with Crippen LogP contribution < -0.4 is 19.9 Å². The molecule has 4 aromatic heterocycles. The monoisotopic (exact) mass is 1280 g/mol.